The van der Waals surface area contributed by atoms with E-state index in [2.05, 4.69) is 19.2 Å². The predicted molar refractivity (Wildman–Crippen MR) is 106 cm³/mol. The van der Waals surface area contributed by atoms with Gasteiger partial charge in [0.05, 0.1) is 21.3 Å². The first kappa shape index (κ1) is 24.7. The van der Waals surface area contributed by atoms with E-state index in [1.807, 2.05) is 24.3 Å². The minimum atomic E-state index is -2.07. The number of hydrogen-bond acceptors (Lipinski definition) is 7. The molecule has 2 atom stereocenters. The number of hydrogen-bond donors (Lipinski definition) is 3. The van der Waals surface area contributed by atoms with Gasteiger partial charge >= 0.3 is 5.97 Å². The van der Waals surface area contributed by atoms with E-state index in [-0.39, 0.29) is 6.61 Å². The normalized spacial score (nSPS) is 12.0. The molecule has 0 aromatic heterocycles. The third-order valence-electron chi connectivity index (χ3n) is 3.91. The Morgan fingerprint density at radius 3 is 2.17 bits per heavy atom. The fraction of sp³-hybridized carbons (Fsp3) is 0.333. The summed E-state index contributed by atoms with van der Waals surface area (Å²) in [5, 5.41) is 26.5. The summed E-state index contributed by atoms with van der Waals surface area (Å²) < 4.78 is 16.3. The number of quaternary nitrogens is 1. The molecular formula is C21H27NO8. The Hall–Kier alpha value is -3.30. The van der Waals surface area contributed by atoms with Crippen LogP contribution in [-0.2, 0) is 16.1 Å². The van der Waals surface area contributed by atoms with Crippen molar-refractivity contribution in [3.05, 3.63) is 54.1 Å². The lowest BCUT2D eigenvalue weighted by Crippen LogP contribution is -3.09. The van der Waals surface area contributed by atoms with Crippen LogP contribution in [0.3, 0.4) is 0 Å². The van der Waals surface area contributed by atoms with Gasteiger partial charge in [-0.25, -0.2) is 4.79 Å². The predicted octanol–water partition coefficient (Wildman–Crippen LogP) is -1.02. The van der Waals surface area contributed by atoms with Crippen molar-refractivity contribution in [3.8, 4) is 17.2 Å². The Morgan fingerprint density at radius 2 is 1.63 bits per heavy atom. The summed E-state index contributed by atoms with van der Waals surface area (Å²) in [7, 11) is 5.21. The molecular weight excluding hydrogens is 394 g/mol. The molecule has 0 aliphatic carbocycles. The van der Waals surface area contributed by atoms with E-state index >= 15 is 0 Å². The Bertz CT molecular complexity index is 785. The van der Waals surface area contributed by atoms with Gasteiger partial charge in [0.2, 0.25) is 5.75 Å². The van der Waals surface area contributed by atoms with Crippen LogP contribution in [0, 0.1) is 0 Å². The number of rotatable bonds is 9. The van der Waals surface area contributed by atoms with Gasteiger partial charge < -0.3 is 39.2 Å². The second-order valence-electron chi connectivity index (χ2n) is 6.37. The molecule has 0 saturated heterocycles. The lowest BCUT2D eigenvalue weighted by Gasteiger charge is -2.19. The van der Waals surface area contributed by atoms with Gasteiger partial charge in [-0.05, 0) is 12.1 Å². The van der Waals surface area contributed by atoms with Gasteiger partial charge in [-0.3, -0.25) is 0 Å². The second-order valence-corrected chi connectivity index (χ2v) is 6.37. The van der Waals surface area contributed by atoms with E-state index < -0.39 is 18.0 Å². The van der Waals surface area contributed by atoms with Crippen LogP contribution in [0.15, 0.2) is 48.5 Å². The van der Waals surface area contributed by atoms with Crippen LogP contribution in [0.5, 0.6) is 17.2 Å². The molecule has 164 valence electrons. The Labute approximate surface area is 175 Å². The van der Waals surface area contributed by atoms with Crippen molar-refractivity contribution in [2.75, 3.05) is 34.4 Å². The fourth-order valence-electron chi connectivity index (χ4n) is 2.63. The molecule has 0 fully saturated rings. The summed E-state index contributed by atoms with van der Waals surface area (Å²) in [5.41, 5.74) is 1.25. The maximum Gasteiger partial charge on any atom is 0.351 e. The number of carboxylic acids is 2. The SMILES string of the molecule is COc1cccc(OCC(O)C[NH+](C)Cc2ccccc2)c1OC.O=C([O-])C(=O)O. The van der Waals surface area contributed by atoms with Crippen molar-refractivity contribution in [1.29, 1.82) is 0 Å². The number of methoxy groups -OCH3 is 2. The van der Waals surface area contributed by atoms with E-state index in [9.17, 15) is 5.11 Å². The number of likely N-dealkylation sites (N-methyl/N-ethyl adjacent to an activating group) is 1. The van der Waals surface area contributed by atoms with Gasteiger partial charge in [-0.1, -0.05) is 36.4 Å². The van der Waals surface area contributed by atoms with Crippen molar-refractivity contribution in [3.63, 3.8) is 0 Å². The number of ether oxygens (including phenoxy) is 3. The van der Waals surface area contributed by atoms with Crippen LogP contribution in [-0.4, -0.2) is 62.7 Å². The molecule has 0 heterocycles. The fourth-order valence-corrected chi connectivity index (χ4v) is 2.63. The van der Waals surface area contributed by atoms with Gasteiger partial charge in [0.15, 0.2) is 17.5 Å². The molecule has 9 heteroatoms. The highest BCUT2D eigenvalue weighted by Crippen LogP contribution is 2.36. The number of aliphatic hydroxyl groups is 1. The van der Waals surface area contributed by atoms with Crippen LogP contribution < -0.4 is 24.2 Å². The summed E-state index contributed by atoms with van der Waals surface area (Å²) in [4.78, 5) is 19.2. The smallest absolute Gasteiger partial charge is 0.351 e. The van der Waals surface area contributed by atoms with Gasteiger partial charge in [-0.2, -0.15) is 0 Å². The maximum atomic E-state index is 10.2. The number of benzene rings is 2. The third kappa shape index (κ3) is 8.80. The Kier molecular flexibility index (Phi) is 10.7. The summed E-state index contributed by atoms with van der Waals surface area (Å²) in [6.07, 6.45) is -0.565. The molecule has 0 aliphatic rings. The number of carbonyl (C=O) groups excluding carboxylic acids is 1. The van der Waals surface area contributed by atoms with Crippen molar-refractivity contribution in [2.24, 2.45) is 0 Å². The number of aliphatic carboxylic acids is 2. The summed E-state index contributed by atoms with van der Waals surface area (Å²) in [5.74, 6) is -2.30. The van der Waals surface area contributed by atoms with Gasteiger partial charge in [0.1, 0.15) is 25.8 Å². The molecule has 2 unspecified atom stereocenters. The summed E-state index contributed by atoms with van der Waals surface area (Å²) in [6.45, 7) is 1.66. The molecule has 0 amide bonds. The molecule has 0 bridgehead atoms. The van der Waals surface area contributed by atoms with E-state index in [1.54, 1.807) is 26.4 Å². The molecule has 2 rings (SSSR count). The molecule has 2 aromatic rings. The molecule has 30 heavy (non-hydrogen) atoms. The zero-order valence-corrected chi connectivity index (χ0v) is 17.2. The van der Waals surface area contributed by atoms with Gasteiger partial charge in [0, 0.05) is 5.56 Å². The number of carboxylic acid groups (broad SMARTS) is 2. The lowest BCUT2D eigenvalue weighted by molar-refractivity contribution is -0.897. The largest absolute Gasteiger partial charge is 0.539 e. The van der Waals surface area contributed by atoms with Crippen LogP contribution in [0.2, 0.25) is 0 Å². The quantitative estimate of drug-likeness (QED) is 0.439. The van der Waals surface area contributed by atoms with Crippen molar-refractivity contribution < 1.29 is 44.0 Å². The zero-order chi connectivity index (χ0) is 22.5. The molecule has 2 aromatic carbocycles. The van der Waals surface area contributed by atoms with Crippen molar-refractivity contribution in [1.82, 2.24) is 0 Å². The topological polar surface area (TPSA) is 130 Å². The Balaban J connectivity index is 0.000000656. The number of aliphatic hydroxyl groups excluding tert-OH is 1. The third-order valence-corrected chi connectivity index (χ3v) is 3.91. The minimum Gasteiger partial charge on any atom is -0.539 e. The average Bonchev–Trinajstić information content (AvgIpc) is 2.72. The molecule has 0 radical (unpaired) electrons. The van der Waals surface area contributed by atoms with Gasteiger partial charge in [-0.15, -0.1) is 0 Å². The van der Waals surface area contributed by atoms with Gasteiger partial charge in [0.25, 0.3) is 0 Å². The summed E-state index contributed by atoms with van der Waals surface area (Å²) in [6, 6.07) is 15.7. The van der Waals surface area contributed by atoms with Crippen LogP contribution in [0.25, 0.3) is 0 Å². The van der Waals surface area contributed by atoms with Crippen molar-refractivity contribution >= 4 is 11.9 Å². The first-order valence-electron chi connectivity index (χ1n) is 9.09. The number of nitrogens with one attached hydrogen (secondary N) is 1. The Morgan fingerprint density at radius 1 is 1.03 bits per heavy atom. The highest BCUT2D eigenvalue weighted by Gasteiger charge is 2.16. The van der Waals surface area contributed by atoms with Crippen LogP contribution >= 0.6 is 0 Å². The molecule has 3 N–H and O–H groups in total. The minimum absolute atomic E-state index is 0.204. The van der Waals surface area contributed by atoms with Crippen molar-refractivity contribution in [2.45, 2.75) is 12.6 Å². The van der Waals surface area contributed by atoms with E-state index in [0.717, 1.165) is 6.54 Å². The van der Waals surface area contributed by atoms with E-state index in [4.69, 9.17) is 34.0 Å². The first-order valence-corrected chi connectivity index (χ1v) is 9.09. The second kappa shape index (κ2) is 13.0. The highest BCUT2D eigenvalue weighted by atomic mass is 16.5. The standard InChI is InChI=1S/C19H25NO4.C2H2O4/c1-20(12-15-8-5-4-6-9-15)13-16(21)14-24-18-11-7-10-17(22-2)19(18)23-3;3-1(4)2(5)6/h4-11,16,21H,12-14H2,1-3H3;(H,3,4)(H,5,6). The molecule has 0 spiro atoms. The maximum absolute atomic E-state index is 10.2. The zero-order valence-electron chi connectivity index (χ0n) is 17.2. The van der Waals surface area contributed by atoms with Crippen LogP contribution in [0.1, 0.15) is 5.56 Å². The highest BCUT2D eigenvalue weighted by molar-refractivity contribution is 6.26. The summed E-state index contributed by atoms with van der Waals surface area (Å²) >= 11 is 0. The average molecular weight is 421 g/mol. The number of para-hydroxylation sites is 1. The van der Waals surface area contributed by atoms with Crippen LogP contribution in [0.4, 0.5) is 0 Å². The molecule has 0 saturated carbocycles. The monoisotopic (exact) mass is 421 g/mol. The number of carbonyl (C=O) groups is 2. The first-order chi connectivity index (χ1) is 14.3. The van der Waals surface area contributed by atoms with E-state index in [1.165, 1.54) is 10.5 Å². The molecule has 9 nitrogen and oxygen atoms in total. The molecule has 0 aliphatic heterocycles. The van der Waals surface area contributed by atoms with E-state index in [0.29, 0.717) is 23.8 Å². The lowest BCUT2D eigenvalue weighted by atomic mass is 10.2.